The molecule has 0 spiro atoms. The van der Waals surface area contributed by atoms with Gasteiger partial charge in [-0.15, -0.1) is 11.8 Å². The molecule has 7 heteroatoms. The molecule has 2 N–H and O–H groups in total. The van der Waals surface area contributed by atoms with Crippen LogP contribution in [0.25, 0.3) is 0 Å². The molecule has 0 unspecified atom stereocenters. The minimum atomic E-state index is -1.05. The van der Waals surface area contributed by atoms with Crippen molar-refractivity contribution in [1.82, 2.24) is 4.98 Å². The summed E-state index contributed by atoms with van der Waals surface area (Å²) in [7, 11) is 0. The smallest absolute Gasteiger partial charge is 0.335 e. The van der Waals surface area contributed by atoms with Crippen molar-refractivity contribution in [2.45, 2.75) is 5.03 Å². The van der Waals surface area contributed by atoms with E-state index in [9.17, 15) is 9.59 Å². The first-order chi connectivity index (χ1) is 10.0. The summed E-state index contributed by atoms with van der Waals surface area (Å²) in [5.74, 6) is -1.39. The van der Waals surface area contributed by atoms with Crippen LogP contribution in [0.5, 0.6) is 0 Å². The van der Waals surface area contributed by atoms with E-state index >= 15 is 0 Å². The van der Waals surface area contributed by atoms with E-state index in [2.05, 4.69) is 26.2 Å². The number of carbonyl (C=O) groups excluding carboxylic acids is 1. The summed E-state index contributed by atoms with van der Waals surface area (Å²) in [6, 6.07) is 7.79. The Labute approximate surface area is 133 Å². The number of aromatic nitrogens is 1. The molecule has 2 rings (SSSR count). The van der Waals surface area contributed by atoms with Crippen LogP contribution in [0.4, 0.5) is 5.69 Å². The highest BCUT2D eigenvalue weighted by molar-refractivity contribution is 9.10. The Bertz CT molecular complexity index is 706. The van der Waals surface area contributed by atoms with E-state index in [1.165, 1.54) is 23.9 Å². The Kier molecular flexibility index (Phi) is 4.98. The van der Waals surface area contributed by atoms with Crippen LogP contribution in [-0.4, -0.2) is 28.2 Å². The predicted octanol–water partition coefficient (Wildman–Crippen LogP) is 3.52. The fraction of sp³-hybridized carbons (Fsp3) is 0.0714. The lowest BCUT2D eigenvalue weighted by molar-refractivity contribution is 0.0696. The number of nitrogens with one attached hydrogen (secondary N) is 1. The van der Waals surface area contributed by atoms with Gasteiger partial charge in [0, 0.05) is 10.7 Å². The standard InChI is InChI=1S/C14H11BrN2O3S/c1-21-13-9(3-2-6-16-13)12(18)17-11-7-8(14(19)20)4-5-10(11)15/h2-7H,1H3,(H,17,18)(H,19,20). The van der Waals surface area contributed by atoms with Crippen molar-refractivity contribution in [2.24, 2.45) is 0 Å². The van der Waals surface area contributed by atoms with E-state index in [0.29, 0.717) is 20.7 Å². The van der Waals surface area contributed by atoms with Crippen LogP contribution >= 0.6 is 27.7 Å². The number of carboxylic acid groups (broad SMARTS) is 1. The van der Waals surface area contributed by atoms with Crippen molar-refractivity contribution in [2.75, 3.05) is 11.6 Å². The molecule has 0 saturated heterocycles. The summed E-state index contributed by atoms with van der Waals surface area (Å²) < 4.78 is 0.607. The number of pyridine rings is 1. The minimum Gasteiger partial charge on any atom is -0.478 e. The van der Waals surface area contributed by atoms with E-state index in [1.54, 1.807) is 24.4 Å². The molecule has 108 valence electrons. The Morgan fingerprint density at radius 3 is 2.76 bits per heavy atom. The molecule has 5 nitrogen and oxygen atoms in total. The van der Waals surface area contributed by atoms with Crippen LogP contribution in [0, 0.1) is 0 Å². The van der Waals surface area contributed by atoms with Gasteiger partial charge in [0.05, 0.1) is 16.8 Å². The average molecular weight is 367 g/mol. The van der Waals surface area contributed by atoms with E-state index in [-0.39, 0.29) is 11.5 Å². The highest BCUT2D eigenvalue weighted by atomic mass is 79.9. The number of halogens is 1. The molecular weight excluding hydrogens is 356 g/mol. The van der Waals surface area contributed by atoms with Gasteiger partial charge in [-0.2, -0.15) is 0 Å². The van der Waals surface area contributed by atoms with Gasteiger partial charge in [0.2, 0.25) is 0 Å². The number of anilines is 1. The number of benzene rings is 1. The van der Waals surface area contributed by atoms with Gasteiger partial charge in [-0.25, -0.2) is 9.78 Å². The first-order valence-corrected chi connectivity index (χ1v) is 7.88. The molecule has 0 bridgehead atoms. The maximum atomic E-state index is 12.3. The number of carbonyl (C=O) groups is 2. The van der Waals surface area contributed by atoms with Crippen molar-refractivity contribution >= 4 is 45.3 Å². The number of nitrogens with zero attached hydrogens (tertiary/aromatic N) is 1. The van der Waals surface area contributed by atoms with Crippen molar-refractivity contribution in [3.63, 3.8) is 0 Å². The molecule has 0 fully saturated rings. The second-order valence-corrected chi connectivity index (χ2v) is 5.66. The number of aromatic carboxylic acids is 1. The van der Waals surface area contributed by atoms with Gasteiger partial charge in [0.25, 0.3) is 5.91 Å². The molecule has 0 saturated carbocycles. The zero-order valence-corrected chi connectivity index (χ0v) is 13.4. The summed E-state index contributed by atoms with van der Waals surface area (Å²) >= 11 is 4.66. The summed E-state index contributed by atoms with van der Waals surface area (Å²) in [6.07, 6.45) is 3.45. The zero-order valence-electron chi connectivity index (χ0n) is 11.0. The van der Waals surface area contributed by atoms with Gasteiger partial charge in [0.15, 0.2) is 0 Å². The van der Waals surface area contributed by atoms with Gasteiger partial charge in [-0.3, -0.25) is 4.79 Å². The lowest BCUT2D eigenvalue weighted by Gasteiger charge is -2.10. The zero-order chi connectivity index (χ0) is 15.4. The van der Waals surface area contributed by atoms with Gasteiger partial charge in [-0.05, 0) is 52.5 Å². The highest BCUT2D eigenvalue weighted by Gasteiger charge is 2.14. The third-order valence-corrected chi connectivity index (χ3v) is 4.07. The molecule has 0 aliphatic rings. The lowest BCUT2D eigenvalue weighted by atomic mass is 10.2. The molecule has 1 aromatic carbocycles. The van der Waals surface area contributed by atoms with Crippen molar-refractivity contribution in [1.29, 1.82) is 0 Å². The third kappa shape index (κ3) is 3.62. The van der Waals surface area contributed by atoms with Gasteiger partial charge >= 0.3 is 5.97 Å². The molecule has 0 aliphatic heterocycles. The van der Waals surface area contributed by atoms with E-state index < -0.39 is 5.97 Å². The fourth-order valence-electron chi connectivity index (χ4n) is 1.67. The molecule has 2 aromatic rings. The van der Waals surface area contributed by atoms with Crippen LogP contribution in [0.1, 0.15) is 20.7 Å². The minimum absolute atomic E-state index is 0.102. The van der Waals surface area contributed by atoms with Crippen LogP contribution < -0.4 is 5.32 Å². The van der Waals surface area contributed by atoms with E-state index in [0.717, 1.165) is 0 Å². The Hall–Kier alpha value is -1.86. The van der Waals surface area contributed by atoms with Crippen molar-refractivity contribution in [3.8, 4) is 0 Å². The molecular formula is C14H11BrN2O3S. The monoisotopic (exact) mass is 366 g/mol. The predicted molar refractivity (Wildman–Crippen MR) is 85.1 cm³/mol. The molecule has 0 radical (unpaired) electrons. The number of amides is 1. The fourth-order valence-corrected chi connectivity index (χ4v) is 2.56. The van der Waals surface area contributed by atoms with Gasteiger partial charge < -0.3 is 10.4 Å². The number of carboxylic acids is 1. The van der Waals surface area contributed by atoms with Crippen molar-refractivity contribution in [3.05, 3.63) is 52.1 Å². The molecule has 1 heterocycles. The van der Waals surface area contributed by atoms with Crippen LogP contribution in [-0.2, 0) is 0 Å². The average Bonchev–Trinajstić information content (AvgIpc) is 2.49. The van der Waals surface area contributed by atoms with E-state index in [4.69, 9.17) is 5.11 Å². The van der Waals surface area contributed by atoms with Crippen molar-refractivity contribution < 1.29 is 14.7 Å². The molecule has 0 aliphatic carbocycles. The Balaban J connectivity index is 2.31. The molecule has 1 aromatic heterocycles. The van der Waals surface area contributed by atoms with Gasteiger partial charge in [0.1, 0.15) is 5.03 Å². The summed E-state index contributed by atoms with van der Waals surface area (Å²) in [5.41, 5.74) is 0.943. The second-order valence-electron chi connectivity index (χ2n) is 4.01. The molecule has 0 atom stereocenters. The van der Waals surface area contributed by atoms with Crippen LogP contribution in [0.15, 0.2) is 46.0 Å². The Morgan fingerprint density at radius 2 is 2.10 bits per heavy atom. The lowest BCUT2D eigenvalue weighted by Crippen LogP contribution is -2.14. The Morgan fingerprint density at radius 1 is 1.33 bits per heavy atom. The quantitative estimate of drug-likeness (QED) is 0.809. The van der Waals surface area contributed by atoms with Crippen LogP contribution in [0.3, 0.4) is 0 Å². The highest BCUT2D eigenvalue weighted by Crippen LogP contribution is 2.25. The van der Waals surface area contributed by atoms with Gasteiger partial charge in [-0.1, -0.05) is 0 Å². The molecule has 21 heavy (non-hydrogen) atoms. The topological polar surface area (TPSA) is 79.3 Å². The SMILES string of the molecule is CSc1ncccc1C(=O)Nc1cc(C(=O)O)ccc1Br. The van der Waals surface area contributed by atoms with E-state index in [1.807, 2.05) is 6.26 Å². The molecule has 1 amide bonds. The third-order valence-electron chi connectivity index (χ3n) is 2.67. The summed E-state index contributed by atoms with van der Waals surface area (Å²) in [6.45, 7) is 0. The number of thioether (sulfide) groups is 1. The first-order valence-electron chi connectivity index (χ1n) is 5.86. The van der Waals surface area contributed by atoms with Crippen LogP contribution in [0.2, 0.25) is 0 Å². The largest absolute Gasteiger partial charge is 0.478 e. The maximum Gasteiger partial charge on any atom is 0.335 e. The number of hydrogen-bond acceptors (Lipinski definition) is 4. The number of hydrogen-bond donors (Lipinski definition) is 2. The summed E-state index contributed by atoms with van der Waals surface area (Å²) in [5, 5.41) is 12.3. The normalized spacial score (nSPS) is 10.2. The first kappa shape index (κ1) is 15.5. The number of rotatable bonds is 4. The maximum absolute atomic E-state index is 12.3. The summed E-state index contributed by atoms with van der Waals surface area (Å²) in [4.78, 5) is 27.4. The second kappa shape index (κ2) is 6.73.